The maximum atomic E-state index is 13.4. The van der Waals surface area contributed by atoms with Gasteiger partial charge in [-0.3, -0.25) is 0 Å². The highest BCUT2D eigenvalue weighted by atomic mass is 32.1. The minimum Gasteiger partial charge on any atom is -0.494 e. The van der Waals surface area contributed by atoms with Gasteiger partial charge in [-0.25, -0.2) is 23.7 Å². The lowest BCUT2D eigenvalue weighted by Crippen LogP contribution is -2.31. The fourth-order valence-electron chi connectivity index (χ4n) is 3.29. The van der Waals surface area contributed by atoms with E-state index in [-0.39, 0.29) is 31.4 Å². The molecule has 2 heterocycles. The summed E-state index contributed by atoms with van der Waals surface area (Å²) in [5, 5.41) is 3.98. The van der Waals surface area contributed by atoms with Gasteiger partial charge in [-0.1, -0.05) is 11.3 Å². The summed E-state index contributed by atoms with van der Waals surface area (Å²) in [5.41, 5.74) is 6.96. The van der Waals surface area contributed by atoms with E-state index in [2.05, 4.69) is 20.3 Å². The molecule has 7 nitrogen and oxygen atoms in total. The summed E-state index contributed by atoms with van der Waals surface area (Å²) >= 11 is 1.44. The van der Waals surface area contributed by atoms with Gasteiger partial charge in [0, 0.05) is 31.1 Å². The van der Waals surface area contributed by atoms with Crippen molar-refractivity contribution in [2.75, 3.05) is 18.2 Å². The van der Waals surface area contributed by atoms with E-state index in [0.29, 0.717) is 40.7 Å². The highest BCUT2D eigenvalue weighted by Crippen LogP contribution is 2.39. The Morgan fingerprint density at radius 1 is 1.28 bits per heavy atom. The van der Waals surface area contributed by atoms with Crippen molar-refractivity contribution in [1.82, 2.24) is 15.0 Å². The van der Waals surface area contributed by atoms with Crippen molar-refractivity contribution in [3.8, 4) is 11.5 Å². The molecule has 0 aliphatic heterocycles. The Hall–Kier alpha value is -2.75. The molecule has 29 heavy (non-hydrogen) atoms. The lowest BCUT2D eigenvalue weighted by atomic mass is 9.92. The van der Waals surface area contributed by atoms with Crippen molar-refractivity contribution < 1.29 is 18.3 Å². The molecule has 1 aliphatic carbocycles. The second-order valence-corrected chi connectivity index (χ2v) is 7.99. The standard InChI is InChI=1S/C19H21F2N5O2S/c1-27-14-8-13(28-10-12-4-7-23-17(22)24-12)9-15-16(14)26-18(29-15)25-11-2-5-19(20,21)6-3-11/h4,7-9,11H,2-3,5-6,10H2,1H3,(H,25,26)(H2,22,23,24). The number of hydrogen-bond donors (Lipinski definition) is 2. The van der Waals surface area contributed by atoms with E-state index >= 15 is 0 Å². The summed E-state index contributed by atoms with van der Waals surface area (Å²) in [6.07, 6.45) is 2.24. The third-order valence-electron chi connectivity index (χ3n) is 4.82. The van der Waals surface area contributed by atoms with Crippen LogP contribution in [0.4, 0.5) is 19.9 Å². The number of benzene rings is 1. The normalized spacial score (nSPS) is 16.7. The minimum atomic E-state index is -2.55. The van der Waals surface area contributed by atoms with Gasteiger partial charge in [0.1, 0.15) is 23.6 Å². The summed E-state index contributed by atoms with van der Waals surface area (Å²) < 4.78 is 38.9. The molecule has 0 unspecified atom stereocenters. The topological polar surface area (TPSA) is 95.2 Å². The van der Waals surface area contributed by atoms with Crippen LogP contribution < -0.4 is 20.5 Å². The Labute approximate surface area is 170 Å². The van der Waals surface area contributed by atoms with Crippen molar-refractivity contribution in [3.05, 3.63) is 30.1 Å². The monoisotopic (exact) mass is 421 g/mol. The molecule has 3 N–H and O–H groups in total. The Bertz CT molecular complexity index is 1000. The number of ether oxygens (including phenoxy) is 2. The van der Waals surface area contributed by atoms with Crippen LogP contribution in [0, 0.1) is 0 Å². The Kier molecular flexibility index (Phi) is 5.35. The molecule has 0 saturated heterocycles. The first kappa shape index (κ1) is 19.6. The molecule has 2 aromatic heterocycles. The van der Waals surface area contributed by atoms with Gasteiger partial charge >= 0.3 is 0 Å². The van der Waals surface area contributed by atoms with E-state index in [1.807, 2.05) is 6.07 Å². The van der Waals surface area contributed by atoms with Gasteiger partial charge in [0.15, 0.2) is 5.13 Å². The Morgan fingerprint density at radius 3 is 2.79 bits per heavy atom. The van der Waals surface area contributed by atoms with E-state index in [1.54, 1.807) is 25.4 Å². The molecule has 1 fully saturated rings. The van der Waals surface area contributed by atoms with Crippen LogP contribution in [0.15, 0.2) is 24.4 Å². The molecular formula is C19H21F2N5O2S. The molecule has 154 valence electrons. The molecule has 0 bridgehead atoms. The molecule has 0 spiro atoms. The van der Waals surface area contributed by atoms with Crippen LogP contribution in [-0.4, -0.2) is 34.0 Å². The Morgan fingerprint density at radius 2 is 2.07 bits per heavy atom. The lowest BCUT2D eigenvalue weighted by Gasteiger charge is -2.28. The van der Waals surface area contributed by atoms with Gasteiger partial charge in [-0.15, -0.1) is 0 Å². The highest BCUT2D eigenvalue weighted by Gasteiger charge is 2.35. The fraction of sp³-hybridized carbons (Fsp3) is 0.421. The zero-order valence-electron chi connectivity index (χ0n) is 15.8. The molecule has 1 aliphatic rings. The summed E-state index contributed by atoms with van der Waals surface area (Å²) in [7, 11) is 1.57. The quantitative estimate of drug-likeness (QED) is 0.614. The molecule has 3 aromatic rings. The second-order valence-electron chi connectivity index (χ2n) is 6.96. The molecule has 1 saturated carbocycles. The summed E-state index contributed by atoms with van der Waals surface area (Å²) in [6.45, 7) is 0.238. The SMILES string of the molecule is COc1cc(OCc2ccnc(N)n2)cc2sc(NC3CCC(F)(F)CC3)nc12. The van der Waals surface area contributed by atoms with Crippen LogP contribution in [-0.2, 0) is 6.61 Å². The highest BCUT2D eigenvalue weighted by molar-refractivity contribution is 7.22. The number of nitrogens with one attached hydrogen (secondary N) is 1. The first-order valence-corrected chi connectivity index (χ1v) is 10.1. The number of fused-ring (bicyclic) bond motifs is 1. The van der Waals surface area contributed by atoms with E-state index in [0.717, 1.165) is 4.70 Å². The van der Waals surface area contributed by atoms with Crippen LogP contribution in [0.2, 0.25) is 0 Å². The molecule has 0 atom stereocenters. The second kappa shape index (κ2) is 7.94. The third kappa shape index (κ3) is 4.64. The number of nitrogens with two attached hydrogens (primary N) is 1. The van der Waals surface area contributed by atoms with Gasteiger partial charge in [-0.05, 0) is 25.0 Å². The van der Waals surface area contributed by atoms with Gasteiger partial charge < -0.3 is 20.5 Å². The average molecular weight is 421 g/mol. The average Bonchev–Trinajstić information content (AvgIpc) is 3.10. The van der Waals surface area contributed by atoms with E-state index < -0.39 is 5.92 Å². The first-order valence-electron chi connectivity index (χ1n) is 9.25. The molecule has 0 radical (unpaired) electrons. The van der Waals surface area contributed by atoms with Crippen LogP contribution >= 0.6 is 11.3 Å². The van der Waals surface area contributed by atoms with Gasteiger partial charge in [0.2, 0.25) is 11.9 Å². The summed E-state index contributed by atoms with van der Waals surface area (Å²) in [6, 6.07) is 5.37. The van der Waals surface area contributed by atoms with Gasteiger partial charge in [0.05, 0.1) is 17.5 Å². The fourth-order valence-corrected chi connectivity index (χ4v) is 4.27. The Balaban J connectivity index is 1.50. The van der Waals surface area contributed by atoms with Crippen LogP contribution in [0.1, 0.15) is 31.4 Å². The third-order valence-corrected chi connectivity index (χ3v) is 5.75. The van der Waals surface area contributed by atoms with Crippen LogP contribution in [0.3, 0.4) is 0 Å². The maximum absolute atomic E-state index is 13.4. The number of halogens is 2. The molecule has 4 rings (SSSR count). The van der Waals surface area contributed by atoms with Crippen molar-refractivity contribution in [2.24, 2.45) is 0 Å². The van der Waals surface area contributed by atoms with E-state index in [4.69, 9.17) is 15.2 Å². The molecule has 10 heteroatoms. The number of alkyl halides is 2. The zero-order chi connectivity index (χ0) is 20.4. The predicted molar refractivity (Wildman–Crippen MR) is 108 cm³/mol. The van der Waals surface area contributed by atoms with Crippen molar-refractivity contribution in [1.29, 1.82) is 0 Å². The predicted octanol–water partition coefficient (Wildman–Crippen LogP) is 4.25. The van der Waals surface area contributed by atoms with Gasteiger partial charge in [0.25, 0.3) is 0 Å². The largest absolute Gasteiger partial charge is 0.494 e. The molecular weight excluding hydrogens is 400 g/mol. The number of nitrogen functional groups attached to an aromatic ring is 1. The number of anilines is 2. The maximum Gasteiger partial charge on any atom is 0.248 e. The van der Waals surface area contributed by atoms with Crippen molar-refractivity contribution in [2.45, 2.75) is 44.3 Å². The van der Waals surface area contributed by atoms with E-state index in [1.165, 1.54) is 11.3 Å². The van der Waals surface area contributed by atoms with Gasteiger partial charge in [-0.2, -0.15) is 0 Å². The number of rotatable bonds is 6. The number of thiazole rings is 1. The smallest absolute Gasteiger partial charge is 0.248 e. The molecule has 0 amide bonds. The van der Waals surface area contributed by atoms with Crippen LogP contribution in [0.25, 0.3) is 10.2 Å². The van der Waals surface area contributed by atoms with Crippen molar-refractivity contribution >= 4 is 32.6 Å². The van der Waals surface area contributed by atoms with Crippen molar-refractivity contribution in [3.63, 3.8) is 0 Å². The number of aromatic nitrogens is 3. The summed E-state index contributed by atoms with van der Waals surface area (Å²) in [4.78, 5) is 12.6. The number of hydrogen-bond acceptors (Lipinski definition) is 8. The number of methoxy groups -OCH3 is 1. The van der Waals surface area contributed by atoms with E-state index in [9.17, 15) is 8.78 Å². The van der Waals surface area contributed by atoms with Crippen LogP contribution in [0.5, 0.6) is 11.5 Å². The molecule has 1 aromatic carbocycles. The summed E-state index contributed by atoms with van der Waals surface area (Å²) in [5.74, 6) is -1.16. The lowest BCUT2D eigenvalue weighted by molar-refractivity contribution is -0.0360. The first-order chi connectivity index (χ1) is 13.9. The minimum absolute atomic E-state index is 0.000116. The zero-order valence-corrected chi connectivity index (χ0v) is 16.6. The number of nitrogens with zero attached hydrogens (tertiary/aromatic N) is 3.